The zero-order valence-corrected chi connectivity index (χ0v) is 25.5. The number of hydrogen-bond acceptors (Lipinski definition) is 13. The Morgan fingerprint density at radius 3 is 1.85 bits per heavy atom. The molecule has 0 amide bonds. The van der Waals surface area contributed by atoms with Gasteiger partial charge in [0.25, 0.3) is 4.92 Å². The largest absolute Gasteiger partial charge is 1.00 e. The van der Waals surface area contributed by atoms with Crippen LogP contribution in [0.4, 0.5) is 34.1 Å². The van der Waals surface area contributed by atoms with Crippen LogP contribution in [0.1, 0.15) is 0 Å². The van der Waals surface area contributed by atoms with E-state index in [9.17, 15) is 23.0 Å². The normalized spacial score (nSPS) is 10.3. The first kappa shape index (κ1) is 34.6. The van der Waals surface area contributed by atoms with Crippen LogP contribution in [-0.4, -0.2) is 37.2 Å². The van der Waals surface area contributed by atoms with Gasteiger partial charge in [0.2, 0.25) is 0 Å². The van der Waals surface area contributed by atoms with Crippen LogP contribution in [0.25, 0.3) is 10.8 Å². The van der Waals surface area contributed by atoms with Crippen molar-refractivity contribution in [1.82, 2.24) is 0 Å². The van der Waals surface area contributed by atoms with Gasteiger partial charge >= 0.3 is 35.2 Å². The molecule has 16 heteroatoms. The fourth-order valence-electron chi connectivity index (χ4n) is 3.08. The number of fused-ring (bicyclic) bond motifs is 1. The SMILES string of the molecule is COSc1cc2cc(S(=O)(=O)[O-])c(N)c(O)c2c(N)c1N.CO[N+](=O)c1ccc(N)cc1.Nc1ccccc1.[Na+]. The first-order valence-corrected chi connectivity index (χ1v) is 12.9. The van der Waals surface area contributed by atoms with Crippen molar-refractivity contribution in [2.45, 2.75) is 9.79 Å². The van der Waals surface area contributed by atoms with Gasteiger partial charge in [0.15, 0.2) is 7.11 Å². The second kappa shape index (κ2) is 15.4. The van der Waals surface area contributed by atoms with E-state index in [1.807, 2.05) is 30.3 Å². The van der Waals surface area contributed by atoms with Gasteiger partial charge in [-0.25, -0.2) is 13.3 Å². The maximum atomic E-state index is 11.2. The fourth-order valence-corrected chi connectivity index (χ4v) is 4.27. The van der Waals surface area contributed by atoms with Crippen LogP contribution in [0.5, 0.6) is 5.75 Å². The number of anilines is 5. The first-order valence-electron chi connectivity index (χ1n) is 10.8. The fraction of sp³-hybridized carbons (Fsp3) is 0.0833. The Labute approximate surface area is 257 Å². The molecule has 0 bridgehead atoms. The van der Waals surface area contributed by atoms with Gasteiger partial charge in [-0.15, -0.1) is 0 Å². The number of aromatic hydroxyl groups is 1. The van der Waals surface area contributed by atoms with Crippen LogP contribution in [-0.2, 0) is 19.1 Å². The van der Waals surface area contributed by atoms with Crippen LogP contribution in [0.3, 0.4) is 0 Å². The van der Waals surface area contributed by atoms with Gasteiger partial charge in [-0.2, -0.15) is 0 Å². The number of nitrogens with zero attached hydrogens (tertiary/aromatic N) is 1. The van der Waals surface area contributed by atoms with E-state index < -0.39 is 26.5 Å². The number of para-hydroxylation sites is 1. The zero-order chi connectivity index (χ0) is 29.3. The molecule has 0 heterocycles. The quantitative estimate of drug-likeness (QED) is 0.0453. The first-order chi connectivity index (χ1) is 18.3. The molecule has 4 aromatic rings. The summed E-state index contributed by atoms with van der Waals surface area (Å²) in [6.07, 6.45) is 0. The van der Waals surface area contributed by atoms with Crippen molar-refractivity contribution in [3.8, 4) is 5.75 Å². The molecule has 0 aliphatic carbocycles. The van der Waals surface area contributed by atoms with Crippen molar-refractivity contribution in [2.75, 3.05) is 42.9 Å². The van der Waals surface area contributed by atoms with E-state index in [-0.39, 0.29) is 51.7 Å². The molecule has 0 saturated heterocycles. The summed E-state index contributed by atoms with van der Waals surface area (Å²) in [7, 11) is -2.12. The summed E-state index contributed by atoms with van der Waals surface area (Å²) >= 11 is 0.909. The number of benzene rings is 4. The second-order valence-corrected chi connectivity index (χ2v) is 9.87. The van der Waals surface area contributed by atoms with Crippen molar-refractivity contribution in [3.63, 3.8) is 0 Å². The molecule has 4 aromatic carbocycles. The summed E-state index contributed by atoms with van der Waals surface area (Å²) in [6.45, 7) is 0. The molecule has 0 aliphatic heterocycles. The van der Waals surface area contributed by atoms with E-state index in [2.05, 4.69) is 4.84 Å². The molecule has 0 atom stereocenters. The van der Waals surface area contributed by atoms with Crippen LogP contribution >= 0.6 is 12.0 Å². The maximum absolute atomic E-state index is 11.2. The third-order valence-corrected chi connectivity index (χ3v) is 6.52. The van der Waals surface area contributed by atoms with Crippen molar-refractivity contribution < 1.29 is 61.6 Å². The number of phenolic OH excluding ortho intramolecular Hbond substituents is 1. The second-order valence-electron chi connectivity index (χ2n) is 7.58. The summed E-state index contributed by atoms with van der Waals surface area (Å²) in [4.78, 5) is 15.3. The van der Waals surface area contributed by atoms with E-state index >= 15 is 0 Å². The third kappa shape index (κ3) is 9.06. The molecule has 0 saturated carbocycles. The molecule has 11 N–H and O–H groups in total. The minimum Gasteiger partial charge on any atom is -0.744 e. The van der Waals surface area contributed by atoms with Gasteiger partial charge < -0.3 is 42.5 Å². The number of rotatable bonds is 5. The van der Waals surface area contributed by atoms with E-state index in [4.69, 9.17) is 32.9 Å². The Morgan fingerprint density at radius 2 is 1.40 bits per heavy atom. The molecule has 0 fully saturated rings. The monoisotopic (exact) mass is 599 g/mol. The van der Waals surface area contributed by atoms with Crippen molar-refractivity contribution >= 4 is 67.1 Å². The zero-order valence-electron chi connectivity index (χ0n) is 21.9. The molecule has 4 rings (SSSR count). The maximum Gasteiger partial charge on any atom is 1.00 e. The molecular formula is C24H28N6NaO7S2+. The van der Waals surface area contributed by atoms with Gasteiger partial charge in [-0.1, -0.05) is 18.2 Å². The molecule has 13 nitrogen and oxygen atoms in total. The molecule has 0 radical (unpaired) electrons. The summed E-state index contributed by atoms with van der Waals surface area (Å²) in [5.74, 6) is -0.597. The molecule has 0 unspecified atom stereocenters. The van der Waals surface area contributed by atoms with E-state index in [0.717, 1.165) is 23.8 Å². The van der Waals surface area contributed by atoms with Gasteiger partial charge in [-0.3, -0.25) is 0 Å². The van der Waals surface area contributed by atoms with Crippen molar-refractivity contribution in [1.29, 1.82) is 0 Å². The molecular weight excluding hydrogens is 571 g/mol. The number of hydrogen-bond donors (Lipinski definition) is 6. The number of nitrogen functional groups attached to an aromatic ring is 5. The van der Waals surface area contributed by atoms with Crippen LogP contribution in [0.2, 0.25) is 0 Å². The van der Waals surface area contributed by atoms with Crippen molar-refractivity contribution in [3.05, 3.63) is 71.6 Å². The van der Waals surface area contributed by atoms with Crippen LogP contribution < -0.4 is 58.2 Å². The molecule has 40 heavy (non-hydrogen) atoms. The molecule has 0 aliphatic rings. The third-order valence-electron chi connectivity index (χ3n) is 4.96. The summed E-state index contributed by atoms with van der Waals surface area (Å²) in [5, 5.41) is 10.3. The number of phenols is 1. The summed E-state index contributed by atoms with van der Waals surface area (Å²) in [6, 6.07) is 18.4. The van der Waals surface area contributed by atoms with Crippen molar-refractivity contribution in [2.24, 2.45) is 0 Å². The van der Waals surface area contributed by atoms with Gasteiger partial charge in [0, 0.05) is 35.6 Å². The minimum absolute atomic E-state index is 0. The molecule has 0 spiro atoms. The standard InChI is InChI=1S/C11H13N3O5S2.C7H9N2O2.C6H7N.Na/c1-19-20-5-2-4-3-6(21(16,17)18)9(13)11(15)7(4)10(14)8(5)12;1-11-9(10)7-4-2-6(8)3-5-7;7-6-4-2-1-3-5-6;/h2-3,15H,12-14H2,1H3,(H,16,17,18);2-5H,8H2,1H3;1-5H,7H2;/q;+1;;+1/p-1. The topological polar surface area (TPSA) is 246 Å². The molecule has 0 aromatic heterocycles. The Morgan fingerprint density at radius 1 is 0.850 bits per heavy atom. The van der Waals surface area contributed by atoms with E-state index in [1.165, 1.54) is 20.3 Å². The smallest absolute Gasteiger partial charge is 0.744 e. The average Bonchev–Trinajstić information content (AvgIpc) is 2.89. The Balaban J connectivity index is 0.000000350. The predicted molar refractivity (Wildman–Crippen MR) is 152 cm³/mol. The van der Waals surface area contributed by atoms with Crippen LogP contribution in [0.15, 0.2) is 76.5 Å². The Kier molecular flexibility index (Phi) is 13.3. The Bertz CT molecular complexity index is 1560. The van der Waals surface area contributed by atoms with Gasteiger partial charge in [0.05, 0.1) is 44.3 Å². The average molecular weight is 600 g/mol. The van der Waals surface area contributed by atoms with Gasteiger partial charge in [-0.05, 0) is 41.8 Å². The molecule has 208 valence electrons. The van der Waals surface area contributed by atoms with Gasteiger partial charge in [0.1, 0.15) is 15.9 Å². The summed E-state index contributed by atoms with van der Waals surface area (Å²) < 4.78 is 38.4. The van der Waals surface area contributed by atoms with E-state index in [0.29, 0.717) is 21.2 Å². The van der Waals surface area contributed by atoms with Crippen LogP contribution in [0, 0.1) is 4.91 Å². The minimum atomic E-state index is -4.84. The summed E-state index contributed by atoms with van der Waals surface area (Å²) in [5.41, 5.74) is 29.4. The number of nitrogens with two attached hydrogens (primary N) is 5. The predicted octanol–water partition coefficient (Wildman–Crippen LogP) is 0.363. The Hall–Kier alpha value is -3.44. The van der Waals surface area contributed by atoms with E-state index in [1.54, 1.807) is 24.3 Å².